The quantitative estimate of drug-likeness (QED) is 0.630. The molecular weight excluding hydrogens is 285 g/mol. The molecule has 0 radical (unpaired) electrons. The monoisotopic (exact) mass is 300 g/mol. The molecule has 0 spiro atoms. The Hall–Kier alpha value is -1.86. The Morgan fingerprint density at radius 2 is 1.90 bits per heavy atom. The molecule has 0 aliphatic rings. The summed E-state index contributed by atoms with van der Waals surface area (Å²) < 4.78 is 49.5. The van der Waals surface area contributed by atoms with Crippen LogP contribution in [0.4, 0.5) is 13.2 Å². The summed E-state index contributed by atoms with van der Waals surface area (Å²) in [6, 6.07) is 1.75. The number of hydrogen-bond donors (Lipinski definition) is 1. The van der Waals surface area contributed by atoms with Gasteiger partial charge in [-0.3, -0.25) is 0 Å². The number of halogens is 3. The number of nitrogens with one attached hydrogen (secondary N) is 1. The van der Waals surface area contributed by atoms with Gasteiger partial charge >= 0.3 is 0 Å². The van der Waals surface area contributed by atoms with Crippen molar-refractivity contribution in [3.05, 3.63) is 41.7 Å². The standard InChI is InChI=1S/C14H15F3N2O2/c1-20-5-4-18-3-2-13-19-8-12(21-13)9-6-10(15)14(17)11(16)7-9/h6-8,18H,2-5H2,1H3. The highest BCUT2D eigenvalue weighted by Gasteiger charge is 2.14. The van der Waals surface area contributed by atoms with E-state index in [1.807, 2.05) is 0 Å². The number of benzene rings is 1. The normalized spacial score (nSPS) is 11.0. The third kappa shape index (κ3) is 4.05. The van der Waals surface area contributed by atoms with E-state index in [0.29, 0.717) is 32.0 Å². The van der Waals surface area contributed by atoms with Gasteiger partial charge in [0, 0.05) is 32.2 Å². The van der Waals surface area contributed by atoms with Crippen LogP contribution < -0.4 is 5.32 Å². The first-order valence-corrected chi connectivity index (χ1v) is 6.41. The van der Waals surface area contributed by atoms with Gasteiger partial charge in [-0.1, -0.05) is 0 Å². The second-order valence-electron chi connectivity index (χ2n) is 4.36. The van der Waals surface area contributed by atoms with Gasteiger partial charge in [0.15, 0.2) is 29.1 Å². The van der Waals surface area contributed by atoms with Crippen molar-refractivity contribution in [3.8, 4) is 11.3 Å². The van der Waals surface area contributed by atoms with Gasteiger partial charge in [-0.25, -0.2) is 18.2 Å². The molecule has 0 atom stereocenters. The molecule has 1 aromatic carbocycles. The maximum absolute atomic E-state index is 13.2. The summed E-state index contributed by atoms with van der Waals surface area (Å²) in [5.41, 5.74) is 0.109. The van der Waals surface area contributed by atoms with E-state index in [1.54, 1.807) is 7.11 Å². The molecule has 0 unspecified atom stereocenters. The Morgan fingerprint density at radius 3 is 2.57 bits per heavy atom. The van der Waals surface area contributed by atoms with Gasteiger partial charge < -0.3 is 14.5 Å². The molecule has 7 heteroatoms. The van der Waals surface area contributed by atoms with Crippen molar-refractivity contribution in [2.24, 2.45) is 0 Å². The minimum Gasteiger partial charge on any atom is -0.441 e. The van der Waals surface area contributed by atoms with Gasteiger partial charge in [0.25, 0.3) is 0 Å². The third-order valence-electron chi connectivity index (χ3n) is 2.82. The van der Waals surface area contributed by atoms with Gasteiger partial charge in [-0.2, -0.15) is 0 Å². The highest BCUT2D eigenvalue weighted by molar-refractivity contribution is 5.56. The fourth-order valence-electron chi connectivity index (χ4n) is 1.75. The lowest BCUT2D eigenvalue weighted by Gasteiger charge is -2.01. The first-order valence-electron chi connectivity index (χ1n) is 6.41. The number of rotatable bonds is 7. The molecule has 0 saturated heterocycles. The van der Waals surface area contributed by atoms with E-state index >= 15 is 0 Å². The molecule has 0 aliphatic carbocycles. The van der Waals surface area contributed by atoms with Crippen molar-refractivity contribution < 1.29 is 22.3 Å². The van der Waals surface area contributed by atoms with Crippen LogP contribution in [0, 0.1) is 17.5 Å². The van der Waals surface area contributed by atoms with E-state index in [0.717, 1.165) is 12.1 Å². The predicted molar refractivity (Wildman–Crippen MR) is 70.3 cm³/mol. The Kier molecular flexibility index (Phi) is 5.35. The summed E-state index contributed by atoms with van der Waals surface area (Å²) in [6.45, 7) is 1.94. The molecule has 1 aromatic heterocycles. The number of aromatic nitrogens is 1. The molecular formula is C14H15F3N2O2. The Morgan fingerprint density at radius 1 is 1.19 bits per heavy atom. The average molecular weight is 300 g/mol. The van der Waals surface area contributed by atoms with Gasteiger partial charge in [0.1, 0.15) is 0 Å². The summed E-state index contributed by atoms with van der Waals surface area (Å²) in [4.78, 5) is 4.02. The Bertz CT molecular complexity index is 579. The smallest absolute Gasteiger partial charge is 0.196 e. The second-order valence-corrected chi connectivity index (χ2v) is 4.36. The lowest BCUT2D eigenvalue weighted by molar-refractivity contribution is 0.199. The van der Waals surface area contributed by atoms with Crippen LogP contribution in [0.5, 0.6) is 0 Å². The van der Waals surface area contributed by atoms with Crippen molar-refractivity contribution in [2.75, 3.05) is 26.8 Å². The predicted octanol–water partition coefficient (Wildman–Crippen LogP) is 2.54. The number of hydrogen-bond acceptors (Lipinski definition) is 4. The van der Waals surface area contributed by atoms with E-state index in [2.05, 4.69) is 10.3 Å². The molecule has 0 amide bonds. The summed E-state index contributed by atoms with van der Waals surface area (Å²) in [7, 11) is 1.61. The number of nitrogens with zero attached hydrogens (tertiary/aromatic N) is 1. The summed E-state index contributed by atoms with van der Waals surface area (Å²) >= 11 is 0. The zero-order chi connectivity index (χ0) is 15.2. The van der Waals surface area contributed by atoms with E-state index in [-0.39, 0.29) is 11.3 Å². The zero-order valence-electron chi connectivity index (χ0n) is 11.5. The summed E-state index contributed by atoms with van der Waals surface area (Å²) in [5.74, 6) is -3.39. The van der Waals surface area contributed by atoms with Crippen LogP contribution in [-0.2, 0) is 11.2 Å². The minimum absolute atomic E-state index is 0.109. The molecule has 21 heavy (non-hydrogen) atoms. The number of ether oxygens (including phenoxy) is 1. The van der Waals surface area contributed by atoms with Crippen molar-refractivity contribution >= 4 is 0 Å². The average Bonchev–Trinajstić information content (AvgIpc) is 2.93. The van der Waals surface area contributed by atoms with Crippen LogP contribution >= 0.6 is 0 Å². The lowest BCUT2D eigenvalue weighted by Crippen LogP contribution is -2.21. The summed E-state index contributed by atoms with van der Waals surface area (Å²) in [5, 5.41) is 3.11. The lowest BCUT2D eigenvalue weighted by atomic mass is 10.1. The van der Waals surface area contributed by atoms with Gasteiger partial charge in [0.05, 0.1) is 12.8 Å². The molecule has 0 aliphatic heterocycles. The van der Waals surface area contributed by atoms with Gasteiger partial charge in [-0.15, -0.1) is 0 Å². The van der Waals surface area contributed by atoms with Crippen molar-refractivity contribution in [2.45, 2.75) is 6.42 Å². The van der Waals surface area contributed by atoms with Gasteiger partial charge in [-0.05, 0) is 12.1 Å². The van der Waals surface area contributed by atoms with E-state index in [4.69, 9.17) is 9.15 Å². The van der Waals surface area contributed by atoms with Crippen LogP contribution in [0.15, 0.2) is 22.7 Å². The fourth-order valence-corrected chi connectivity index (χ4v) is 1.75. The van der Waals surface area contributed by atoms with Crippen LogP contribution in [0.2, 0.25) is 0 Å². The van der Waals surface area contributed by atoms with Crippen LogP contribution in [0.1, 0.15) is 5.89 Å². The van der Waals surface area contributed by atoms with Crippen LogP contribution in [0.25, 0.3) is 11.3 Å². The Balaban J connectivity index is 1.99. The van der Waals surface area contributed by atoms with E-state index < -0.39 is 17.5 Å². The highest BCUT2D eigenvalue weighted by Crippen LogP contribution is 2.24. The minimum atomic E-state index is -1.50. The first kappa shape index (κ1) is 15.5. The first-order chi connectivity index (χ1) is 10.1. The van der Waals surface area contributed by atoms with Crippen molar-refractivity contribution in [1.29, 1.82) is 0 Å². The molecule has 114 valence electrons. The molecule has 2 rings (SSSR count). The molecule has 0 saturated carbocycles. The number of oxazole rings is 1. The van der Waals surface area contributed by atoms with Crippen molar-refractivity contribution in [1.82, 2.24) is 10.3 Å². The van der Waals surface area contributed by atoms with Crippen LogP contribution in [-0.4, -0.2) is 31.8 Å². The molecule has 4 nitrogen and oxygen atoms in total. The maximum Gasteiger partial charge on any atom is 0.196 e. The molecule has 1 heterocycles. The third-order valence-corrected chi connectivity index (χ3v) is 2.82. The molecule has 0 fully saturated rings. The SMILES string of the molecule is COCCNCCc1ncc(-c2cc(F)c(F)c(F)c2)o1. The fraction of sp³-hybridized carbons (Fsp3) is 0.357. The van der Waals surface area contributed by atoms with Crippen molar-refractivity contribution in [3.63, 3.8) is 0 Å². The second kappa shape index (κ2) is 7.24. The molecule has 1 N–H and O–H groups in total. The highest BCUT2D eigenvalue weighted by atomic mass is 19.2. The maximum atomic E-state index is 13.2. The topological polar surface area (TPSA) is 47.3 Å². The Labute approximate surface area is 119 Å². The largest absolute Gasteiger partial charge is 0.441 e. The van der Waals surface area contributed by atoms with Crippen LogP contribution in [0.3, 0.4) is 0 Å². The summed E-state index contributed by atoms with van der Waals surface area (Å²) in [6.07, 6.45) is 1.88. The van der Waals surface area contributed by atoms with Gasteiger partial charge in [0.2, 0.25) is 0 Å². The molecule has 0 bridgehead atoms. The van der Waals surface area contributed by atoms with E-state index in [1.165, 1.54) is 6.20 Å². The van der Waals surface area contributed by atoms with E-state index in [9.17, 15) is 13.2 Å². The molecule has 2 aromatic rings. The number of methoxy groups -OCH3 is 1. The zero-order valence-corrected chi connectivity index (χ0v) is 11.5.